The summed E-state index contributed by atoms with van der Waals surface area (Å²) < 4.78 is 10.5. The first-order valence-corrected chi connectivity index (χ1v) is 5.82. The number of ether oxygens (including phenoxy) is 2. The van der Waals surface area contributed by atoms with Crippen molar-refractivity contribution >= 4 is 5.97 Å². The number of benzene rings is 1. The minimum atomic E-state index is -0.975. The Morgan fingerprint density at radius 3 is 2.50 bits per heavy atom. The number of carbonyl (C=O) groups is 1. The number of hydrogen-bond donors (Lipinski definition) is 1. The Hall–Kier alpha value is -1.81. The summed E-state index contributed by atoms with van der Waals surface area (Å²) in [7, 11) is 0. The van der Waals surface area contributed by atoms with E-state index in [1.807, 2.05) is 30.3 Å². The zero-order valence-electron chi connectivity index (χ0n) is 10.4. The van der Waals surface area contributed by atoms with Gasteiger partial charge in [0.15, 0.2) is 0 Å². The highest BCUT2D eigenvalue weighted by molar-refractivity contribution is 5.83. The van der Waals surface area contributed by atoms with Crippen LogP contribution in [-0.2, 0) is 14.3 Å². The lowest BCUT2D eigenvalue weighted by Gasteiger charge is -2.31. The van der Waals surface area contributed by atoms with Crippen molar-refractivity contribution in [2.75, 3.05) is 0 Å². The van der Waals surface area contributed by atoms with Gasteiger partial charge in [0.1, 0.15) is 5.76 Å². The molecule has 1 aliphatic heterocycles. The van der Waals surface area contributed by atoms with Gasteiger partial charge in [-0.25, -0.2) is 4.79 Å². The van der Waals surface area contributed by atoms with Crippen LogP contribution in [0.5, 0.6) is 0 Å². The number of carbonyl (C=O) groups excluding carboxylic acids is 1. The zero-order valence-corrected chi connectivity index (χ0v) is 10.4. The maximum Gasteiger partial charge on any atom is 0.337 e. The average Bonchev–Trinajstić information content (AvgIpc) is 2.27. The molecule has 0 saturated heterocycles. The molecule has 1 aliphatic rings. The Kier molecular flexibility index (Phi) is 3.39. The lowest BCUT2D eigenvalue weighted by atomic mass is 10.1. The second-order valence-electron chi connectivity index (χ2n) is 4.66. The number of aliphatic hydroxyl groups is 1. The molecule has 0 aliphatic carbocycles. The SMILES string of the molecule is CC1(C)OC(=O)C=C(C[C@@H](O)c2ccccc2)O1. The van der Waals surface area contributed by atoms with E-state index in [0.29, 0.717) is 5.76 Å². The summed E-state index contributed by atoms with van der Waals surface area (Å²) in [6.45, 7) is 3.32. The first-order chi connectivity index (χ1) is 8.46. The summed E-state index contributed by atoms with van der Waals surface area (Å²) >= 11 is 0. The predicted octanol–water partition coefficient (Wildman–Crippen LogP) is 2.30. The van der Waals surface area contributed by atoms with Crippen molar-refractivity contribution in [3.05, 3.63) is 47.7 Å². The Morgan fingerprint density at radius 1 is 1.22 bits per heavy atom. The number of rotatable bonds is 3. The largest absolute Gasteiger partial charge is 0.457 e. The predicted molar refractivity (Wildman–Crippen MR) is 65.4 cm³/mol. The van der Waals surface area contributed by atoms with Crippen LogP contribution in [0.4, 0.5) is 0 Å². The molecule has 0 radical (unpaired) electrons. The number of esters is 1. The van der Waals surface area contributed by atoms with Crippen molar-refractivity contribution in [3.63, 3.8) is 0 Å². The van der Waals surface area contributed by atoms with Crippen LogP contribution >= 0.6 is 0 Å². The zero-order chi connectivity index (χ0) is 13.2. The van der Waals surface area contributed by atoms with Crippen molar-refractivity contribution < 1.29 is 19.4 Å². The van der Waals surface area contributed by atoms with Crippen LogP contribution < -0.4 is 0 Å². The molecule has 4 heteroatoms. The normalized spacial score (nSPS) is 19.5. The summed E-state index contributed by atoms with van der Waals surface area (Å²) in [6.07, 6.45) is 0.832. The van der Waals surface area contributed by atoms with E-state index in [0.717, 1.165) is 5.56 Å². The second kappa shape index (κ2) is 4.82. The van der Waals surface area contributed by atoms with Crippen LogP contribution in [0.25, 0.3) is 0 Å². The Labute approximate surface area is 106 Å². The van der Waals surface area contributed by atoms with Crippen LogP contribution in [-0.4, -0.2) is 16.9 Å². The Balaban J connectivity index is 2.08. The fourth-order valence-electron chi connectivity index (χ4n) is 1.85. The molecule has 1 heterocycles. The van der Waals surface area contributed by atoms with E-state index in [-0.39, 0.29) is 6.42 Å². The van der Waals surface area contributed by atoms with Crippen molar-refractivity contribution in [2.24, 2.45) is 0 Å². The summed E-state index contributed by atoms with van der Waals surface area (Å²) in [6, 6.07) is 9.25. The molecule has 0 saturated carbocycles. The molecule has 0 bridgehead atoms. The first-order valence-electron chi connectivity index (χ1n) is 5.82. The quantitative estimate of drug-likeness (QED) is 0.834. The average molecular weight is 248 g/mol. The van der Waals surface area contributed by atoms with E-state index in [2.05, 4.69) is 0 Å². The minimum Gasteiger partial charge on any atom is -0.457 e. The number of cyclic esters (lactones) is 1. The van der Waals surface area contributed by atoms with E-state index in [9.17, 15) is 9.90 Å². The molecule has 0 fully saturated rings. The van der Waals surface area contributed by atoms with Gasteiger partial charge in [-0.15, -0.1) is 0 Å². The van der Waals surface area contributed by atoms with E-state index in [1.165, 1.54) is 6.08 Å². The third-order valence-corrected chi connectivity index (χ3v) is 2.58. The maximum absolute atomic E-state index is 11.3. The molecular formula is C14H16O4. The molecule has 1 atom stereocenters. The van der Waals surface area contributed by atoms with Gasteiger partial charge in [0.25, 0.3) is 0 Å². The number of aliphatic hydroxyl groups excluding tert-OH is 1. The first kappa shape index (κ1) is 12.6. The molecule has 96 valence electrons. The van der Waals surface area contributed by atoms with Gasteiger partial charge in [0.2, 0.25) is 5.79 Å². The highest BCUT2D eigenvalue weighted by atomic mass is 16.7. The van der Waals surface area contributed by atoms with Gasteiger partial charge in [0, 0.05) is 20.3 Å². The lowest BCUT2D eigenvalue weighted by molar-refractivity contribution is -0.206. The van der Waals surface area contributed by atoms with Crippen LogP contribution in [0, 0.1) is 0 Å². The summed E-state index contributed by atoms with van der Waals surface area (Å²) in [5, 5.41) is 10.1. The topological polar surface area (TPSA) is 55.8 Å². The van der Waals surface area contributed by atoms with Crippen molar-refractivity contribution in [1.29, 1.82) is 0 Å². The van der Waals surface area contributed by atoms with Crippen LogP contribution in [0.2, 0.25) is 0 Å². The molecule has 0 spiro atoms. The fourth-order valence-corrected chi connectivity index (χ4v) is 1.85. The van der Waals surface area contributed by atoms with Gasteiger partial charge in [-0.2, -0.15) is 0 Å². The molecule has 1 aromatic carbocycles. The van der Waals surface area contributed by atoms with E-state index in [1.54, 1.807) is 13.8 Å². The monoisotopic (exact) mass is 248 g/mol. The molecule has 1 aromatic rings. The highest BCUT2D eigenvalue weighted by Gasteiger charge is 2.30. The summed E-state index contributed by atoms with van der Waals surface area (Å²) in [5.74, 6) is -0.980. The molecule has 4 nitrogen and oxygen atoms in total. The van der Waals surface area contributed by atoms with Gasteiger partial charge in [-0.3, -0.25) is 0 Å². The van der Waals surface area contributed by atoms with Gasteiger partial charge in [-0.05, 0) is 5.56 Å². The van der Waals surface area contributed by atoms with Gasteiger partial charge < -0.3 is 14.6 Å². The minimum absolute atomic E-state index is 0.253. The van der Waals surface area contributed by atoms with Crippen LogP contribution in [0.3, 0.4) is 0 Å². The maximum atomic E-state index is 11.3. The Morgan fingerprint density at radius 2 is 1.89 bits per heavy atom. The molecule has 0 unspecified atom stereocenters. The molecular weight excluding hydrogens is 232 g/mol. The van der Waals surface area contributed by atoms with Crippen molar-refractivity contribution in [2.45, 2.75) is 32.2 Å². The second-order valence-corrected chi connectivity index (χ2v) is 4.66. The van der Waals surface area contributed by atoms with Gasteiger partial charge in [-0.1, -0.05) is 30.3 Å². The Bertz CT molecular complexity index is 462. The van der Waals surface area contributed by atoms with Gasteiger partial charge >= 0.3 is 5.97 Å². The number of hydrogen-bond acceptors (Lipinski definition) is 4. The van der Waals surface area contributed by atoms with Gasteiger partial charge in [0.05, 0.1) is 12.2 Å². The molecule has 0 amide bonds. The van der Waals surface area contributed by atoms with E-state index >= 15 is 0 Å². The summed E-state index contributed by atoms with van der Waals surface area (Å²) in [4.78, 5) is 11.3. The molecule has 18 heavy (non-hydrogen) atoms. The standard InChI is InChI=1S/C14H16O4/c1-14(2)17-11(9-13(16)18-14)8-12(15)10-6-4-3-5-7-10/h3-7,9,12,15H,8H2,1-2H3/t12-/m1/s1. The van der Waals surface area contributed by atoms with Crippen molar-refractivity contribution in [3.8, 4) is 0 Å². The smallest absolute Gasteiger partial charge is 0.337 e. The highest BCUT2D eigenvalue weighted by Crippen LogP contribution is 2.28. The molecule has 0 aromatic heterocycles. The van der Waals surface area contributed by atoms with Crippen LogP contribution in [0.1, 0.15) is 31.9 Å². The fraction of sp³-hybridized carbons (Fsp3) is 0.357. The lowest BCUT2D eigenvalue weighted by Crippen LogP contribution is -2.34. The van der Waals surface area contributed by atoms with E-state index < -0.39 is 17.9 Å². The van der Waals surface area contributed by atoms with Crippen LogP contribution in [0.15, 0.2) is 42.2 Å². The summed E-state index contributed by atoms with van der Waals surface area (Å²) in [5.41, 5.74) is 0.791. The van der Waals surface area contributed by atoms with Crippen molar-refractivity contribution in [1.82, 2.24) is 0 Å². The molecule has 1 N–H and O–H groups in total. The molecule has 2 rings (SSSR count). The van der Waals surface area contributed by atoms with E-state index in [4.69, 9.17) is 9.47 Å². The third-order valence-electron chi connectivity index (χ3n) is 2.58. The third kappa shape index (κ3) is 3.11.